The van der Waals surface area contributed by atoms with Crippen molar-refractivity contribution in [2.24, 2.45) is 7.05 Å². The van der Waals surface area contributed by atoms with Gasteiger partial charge in [0.1, 0.15) is 5.75 Å². The highest BCUT2D eigenvalue weighted by molar-refractivity contribution is 5.72. The fourth-order valence-corrected chi connectivity index (χ4v) is 3.56. The Balaban J connectivity index is 1.36. The first-order valence-electron chi connectivity index (χ1n) is 9.42. The smallest absolute Gasteiger partial charge is 0.225 e. The zero-order valence-corrected chi connectivity index (χ0v) is 16.2. The third-order valence-electron chi connectivity index (χ3n) is 5.09. The van der Waals surface area contributed by atoms with Gasteiger partial charge in [-0.15, -0.1) is 5.10 Å². The van der Waals surface area contributed by atoms with Gasteiger partial charge in [0.15, 0.2) is 11.2 Å². The molecule has 148 valence electrons. The second kappa shape index (κ2) is 7.04. The van der Waals surface area contributed by atoms with Gasteiger partial charge in [0.2, 0.25) is 5.95 Å². The molecule has 5 rings (SSSR count). The van der Waals surface area contributed by atoms with Crippen LogP contribution in [0.3, 0.4) is 0 Å². The van der Waals surface area contributed by atoms with Crippen LogP contribution in [0.25, 0.3) is 16.9 Å². The minimum atomic E-state index is 0.262. The molecule has 0 unspecified atom stereocenters. The van der Waals surface area contributed by atoms with Gasteiger partial charge in [0.05, 0.1) is 30.9 Å². The molecule has 1 N–H and O–H groups in total. The zero-order chi connectivity index (χ0) is 19.8. The van der Waals surface area contributed by atoms with E-state index in [4.69, 9.17) is 4.74 Å². The Morgan fingerprint density at radius 1 is 1.14 bits per heavy atom. The summed E-state index contributed by atoms with van der Waals surface area (Å²) in [6, 6.07) is 7.87. The first-order chi connectivity index (χ1) is 14.2. The summed E-state index contributed by atoms with van der Waals surface area (Å²) in [6.07, 6.45) is 6.63. The lowest BCUT2D eigenvalue weighted by atomic mass is 10.3. The summed E-state index contributed by atoms with van der Waals surface area (Å²) in [5.74, 6) is 1.36. The molecule has 10 nitrogen and oxygen atoms in total. The number of ether oxygens (including phenoxy) is 1. The Bertz CT molecular complexity index is 1130. The molecular formula is C19H21N9O. The number of benzene rings is 1. The molecule has 0 spiro atoms. The lowest BCUT2D eigenvalue weighted by Crippen LogP contribution is -2.26. The van der Waals surface area contributed by atoms with Gasteiger partial charge in [-0.1, -0.05) is 5.21 Å². The molecule has 10 heteroatoms. The van der Waals surface area contributed by atoms with Crippen molar-refractivity contribution in [1.82, 2.24) is 34.7 Å². The number of aromatic nitrogens is 7. The third kappa shape index (κ3) is 3.33. The van der Waals surface area contributed by atoms with E-state index in [1.165, 1.54) is 0 Å². The molecule has 4 heterocycles. The molecule has 3 aromatic heterocycles. The van der Waals surface area contributed by atoms with E-state index in [9.17, 15) is 0 Å². The number of rotatable bonds is 5. The molecule has 1 aliphatic rings. The largest absolute Gasteiger partial charge is 0.497 e. The summed E-state index contributed by atoms with van der Waals surface area (Å²) in [5, 5.41) is 16.1. The van der Waals surface area contributed by atoms with Crippen molar-refractivity contribution in [3.8, 4) is 11.4 Å². The maximum absolute atomic E-state index is 5.22. The first-order valence-corrected chi connectivity index (χ1v) is 9.42. The number of nitrogens with one attached hydrogen (secondary N) is 1. The molecule has 0 amide bonds. The summed E-state index contributed by atoms with van der Waals surface area (Å²) in [5.41, 5.74) is 3.31. The quantitative estimate of drug-likeness (QED) is 0.548. The van der Waals surface area contributed by atoms with E-state index >= 15 is 0 Å². The molecule has 0 bridgehead atoms. The van der Waals surface area contributed by atoms with Crippen molar-refractivity contribution < 1.29 is 4.74 Å². The summed E-state index contributed by atoms with van der Waals surface area (Å²) in [7, 11) is 3.57. The molecule has 1 atom stereocenters. The van der Waals surface area contributed by atoms with E-state index in [2.05, 4.69) is 35.6 Å². The maximum Gasteiger partial charge on any atom is 0.225 e. The summed E-state index contributed by atoms with van der Waals surface area (Å²) >= 11 is 0. The summed E-state index contributed by atoms with van der Waals surface area (Å²) in [6.45, 7) is 1.85. The summed E-state index contributed by atoms with van der Waals surface area (Å²) < 4.78 is 8.75. The van der Waals surface area contributed by atoms with Crippen LogP contribution in [0.1, 0.15) is 6.42 Å². The fourth-order valence-electron chi connectivity index (χ4n) is 3.56. The highest BCUT2D eigenvalue weighted by Gasteiger charge is 2.24. The highest BCUT2D eigenvalue weighted by atomic mass is 16.5. The van der Waals surface area contributed by atoms with Crippen molar-refractivity contribution in [3.05, 3.63) is 42.9 Å². The average molecular weight is 391 g/mol. The molecule has 0 saturated carbocycles. The molecular weight excluding hydrogens is 370 g/mol. The van der Waals surface area contributed by atoms with Crippen LogP contribution < -0.4 is 15.0 Å². The predicted molar refractivity (Wildman–Crippen MR) is 108 cm³/mol. The van der Waals surface area contributed by atoms with Crippen LogP contribution in [0.5, 0.6) is 5.75 Å². The van der Waals surface area contributed by atoms with Gasteiger partial charge in [0.25, 0.3) is 0 Å². The topological polar surface area (TPSA) is 98.8 Å². The number of hydrogen-bond acceptors (Lipinski definition) is 8. The van der Waals surface area contributed by atoms with Crippen molar-refractivity contribution in [2.45, 2.75) is 12.5 Å². The number of anilines is 2. The van der Waals surface area contributed by atoms with Crippen LogP contribution in [0.4, 0.5) is 11.6 Å². The van der Waals surface area contributed by atoms with Crippen molar-refractivity contribution >= 4 is 22.8 Å². The Kier molecular flexibility index (Phi) is 4.23. The number of methoxy groups -OCH3 is 1. The Hall–Kier alpha value is -3.69. The van der Waals surface area contributed by atoms with Gasteiger partial charge in [-0.2, -0.15) is 14.8 Å². The molecule has 0 radical (unpaired) electrons. The summed E-state index contributed by atoms with van der Waals surface area (Å²) in [4.78, 5) is 11.4. The first kappa shape index (κ1) is 17.4. The molecule has 4 aromatic rings. The fraction of sp³-hybridized carbons (Fsp3) is 0.316. The number of hydrogen-bond donors (Lipinski definition) is 1. The molecule has 29 heavy (non-hydrogen) atoms. The van der Waals surface area contributed by atoms with Gasteiger partial charge in [-0.25, -0.2) is 4.98 Å². The van der Waals surface area contributed by atoms with Crippen LogP contribution in [0, 0.1) is 0 Å². The molecule has 1 saturated heterocycles. The van der Waals surface area contributed by atoms with E-state index in [-0.39, 0.29) is 6.04 Å². The van der Waals surface area contributed by atoms with E-state index in [1.807, 2.05) is 48.4 Å². The van der Waals surface area contributed by atoms with Gasteiger partial charge in [0, 0.05) is 32.4 Å². The zero-order valence-electron chi connectivity index (χ0n) is 16.2. The second-order valence-corrected chi connectivity index (χ2v) is 7.05. The van der Waals surface area contributed by atoms with Crippen LogP contribution in [0.15, 0.2) is 42.9 Å². The minimum absolute atomic E-state index is 0.262. The standard InChI is InChI=1S/C19H21N9O/c1-26-12-15(9-21-26)27-8-7-13(11-27)22-19-20-10-17-18(23-19)28(25-24-17)14-3-5-16(29-2)6-4-14/h3-6,9-10,12-13H,7-8,11H2,1-2H3,(H,20,22,23)/t13-/m1/s1. The lowest BCUT2D eigenvalue weighted by molar-refractivity contribution is 0.414. The van der Waals surface area contributed by atoms with Crippen molar-refractivity contribution in [3.63, 3.8) is 0 Å². The van der Waals surface area contributed by atoms with E-state index in [0.29, 0.717) is 17.1 Å². The SMILES string of the molecule is COc1ccc(-n2nnc3cnc(N[C@@H]4CCN(c5cnn(C)c5)C4)nc32)cc1. The van der Waals surface area contributed by atoms with Crippen LogP contribution in [-0.2, 0) is 7.05 Å². The third-order valence-corrected chi connectivity index (χ3v) is 5.09. The second-order valence-electron chi connectivity index (χ2n) is 7.05. The normalized spacial score (nSPS) is 16.5. The van der Waals surface area contributed by atoms with Crippen molar-refractivity contribution in [2.75, 3.05) is 30.4 Å². The Labute approximate surface area is 167 Å². The van der Waals surface area contributed by atoms with E-state index in [0.717, 1.165) is 36.6 Å². The highest BCUT2D eigenvalue weighted by Crippen LogP contribution is 2.22. The Morgan fingerprint density at radius 2 is 2.00 bits per heavy atom. The van der Waals surface area contributed by atoms with Crippen LogP contribution in [-0.4, -0.2) is 61.0 Å². The molecule has 1 fully saturated rings. The maximum atomic E-state index is 5.22. The lowest BCUT2D eigenvalue weighted by Gasteiger charge is -2.16. The molecule has 1 aromatic carbocycles. The molecule has 0 aliphatic carbocycles. The van der Waals surface area contributed by atoms with Gasteiger partial charge in [-0.3, -0.25) is 4.68 Å². The predicted octanol–water partition coefficient (Wildman–Crippen LogP) is 1.64. The number of fused-ring (bicyclic) bond motifs is 1. The number of nitrogens with zero attached hydrogens (tertiary/aromatic N) is 8. The minimum Gasteiger partial charge on any atom is -0.497 e. The van der Waals surface area contributed by atoms with E-state index in [1.54, 1.807) is 18.0 Å². The Morgan fingerprint density at radius 3 is 2.76 bits per heavy atom. The van der Waals surface area contributed by atoms with Gasteiger partial charge in [-0.05, 0) is 30.7 Å². The van der Waals surface area contributed by atoms with Crippen LogP contribution in [0.2, 0.25) is 0 Å². The van der Waals surface area contributed by atoms with Crippen LogP contribution >= 0.6 is 0 Å². The average Bonchev–Trinajstić information content (AvgIpc) is 3.47. The monoisotopic (exact) mass is 391 g/mol. The van der Waals surface area contributed by atoms with Crippen molar-refractivity contribution in [1.29, 1.82) is 0 Å². The van der Waals surface area contributed by atoms with E-state index < -0.39 is 0 Å². The van der Waals surface area contributed by atoms with Gasteiger partial charge < -0.3 is 15.0 Å². The molecule has 1 aliphatic heterocycles. The number of aryl methyl sites for hydroxylation is 1. The van der Waals surface area contributed by atoms with Gasteiger partial charge >= 0.3 is 0 Å².